The Labute approximate surface area is 118 Å². The van der Waals surface area contributed by atoms with Gasteiger partial charge in [-0.05, 0) is 12.5 Å². The maximum Gasteiger partial charge on any atom is 0.338 e. The van der Waals surface area contributed by atoms with Crippen LogP contribution in [0.25, 0.3) is 0 Å². The zero-order chi connectivity index (χ0) is 15.7. The average molecular weight is 297 g/mol. The highest BCUT2D eigenvalue weighted by atomic mass is 19.1. The van der Waals surface area contributed by atoms with E-state index in [1.165, 1.54) is 4.90 Å². The van der Waals surface area contributed by atoms with E-state index in [1.54, 1.807) is 0 Å². The Bertz CT molecular complexity index is 634. The van der Waals surface area contributed by atoms with Crippen LogP contribution < -0.4 is 10.6 Å². The smallest absolute Gasteiger partial charge is 0.338 e. The number of carbonyl (C=O) groups is 2. The Morgan fingerprint density at radius 2 is 2.14 bits per heavy atom. The van der Waals surface area contributed by atoms with Crippen molar-refractivity contribution in [3.05, 3.63) is 33.6 Å². The molecule has 1 fully saturated rings. The number of nitrogens with two attached hydrogens (primary N) is 1. The van der Waals surface area contributed by atoms with Crippen LogP contribution in [-0.4, -0.2) is 35.0 Å². The van der Waals surface area contributed by atoms with Gasteiger partial charge in [-0.25, -0.2) is 9.18 Å². The van der Waals surface area contributed by atoms with Crippen LogP contribution in [0.1, 0.15) is 16.8 Å². The van der Waals surface area contributed by atoms with E-state index in [0.717, 1.165) is 6.07 Å². The van der Waals surface area contributed by atoms with E-state index in [2.05, 4.69) is 0 Å². The molecule has 0 spiro atoms. The van der Waals surface area contributed by atoms with Gasteiger partial charge >= 0.3 is 5.97 Å². The van der Waals surface area contributed by atoms with Gasteiger partial charge in [0.05, 0.1) is 22.5 Å². The van der Waals surface area contributed by atoms with E-state index < -0.39 is 39.8 Å². The van der Waals surface area contributed by atoms with E-state index in [4.69, 9.17) is 10.8 Å². The van der Waals surface area contributed by atoms with E-state index in [9.17, 15) is 24.1 Å². The first-order valence-corrected chi connectivity index (χ1v) is 6.06. The third-order valence-corrected chi connectivity index (χ3v) is 3.42. The Balaban J connectivity index is 2.46. The molecule has 3 N–H and O–H groups in total. The molecule has 0 saturated carbocycles. The SMILES string of the molecule is NC(=O)C1CCN(c2cc(C(=O)O)c(F)cc2[N+](=O)[O-])C1. The van der Waals surface area contributed by atoms with Crippen molar-refractivity contribution in [2.75, 3.05) is 18.0 Å². The highest BCUT2D eigenvalue weighted by Gasteiger charge is 2.32. The molecular weight excluding hydrogens is 285 g/mol. The minimum Gasteiger partial charge on any atom is -0.478 e. The molecule has 1 heterocycles. The molecule has 0 bridgehead atoms. The fourth-order valence-corrected chi connectivity index (χ4v) is 2.33. The zero-order valence-electron chi connectivity index (χ0n) is 10.8. The predicted octanol–water partition coefficient (Wildman–Crippen LogP) is 0.744. The first kappa shape index (κ1) is 14.7. The fraction of sp³-hybridized carbons (Fsp3) is 0.333. The van der Waals surface area contributed by atoms with Crippen LogP contribution in [0.15, 0.2) is 12.1 Å². The number of primary amides is 1. The van der Waals surface area contributed by atoms with Crippen LogP contribution in [0.4, 0.5) is 15.8 Å². The van der Waals surface area contributed by atoms with Gasteiger partial charge in [0.2, 0.25) is 5.91 Å². The number of nitro groups is 1. The molecule has 0 aliphatic carbocycles. The summed E-state index contributed by atoms with van der Waals surface area (Å²) < 4.78 is 13.6. The van der Waals surface area contributed by atoms with Crippen LogP contribution in [0.5, 0.6) is 0 Å². The number of benzene rings is 1. The number of aromatic carboxylic acids is 1. The third kappa shape index (κ3) is 2.76. The number of carbonyl (C=O) groups excluding carboxylic acids is 1. The van der Waals surface area contributed by atoms with E-state index >= 15 is 0 Å². The van der Waals surface area contributed by atoms with Gasteiger partial charge in [-0.15, -0.1) is 0 Å². The molecule has 0 aromatic heterocycles. The number of carboxylic acids is 1. The maximum atomic E-state index is 13.6. The van der Waals surface area contributed by atoms with E-state index in [1.807, 2.05) is 0 Å². The number of carboxylic acid groups (broad SMARTS) is 1. The summed E-state index contributed by atoms with van der Waals surface area (Å²) in [5.41, 5.74) is 3.97. The molecule has 1 aromatic carbocycles. The van der Waals surface area contributed by atoms with Crippen LogP contribution in [-0.2, 0) is 4.79 Å². The number of halogens is 1. The summed E-state index contributed by atoms with van der Waals surface area (Å²) in [6.07, 6.45) is 0.409. The second-order valence-corrected chi connectivity index (χ2v) is 4.72. The second-order valence-electron chi connectivity index (χ2n) is 4.72. The normalized spacial score (nSPS) is 17.8. The van der Waals surface area contributed by atoms with Crippen molar-refractivity contribution >= 4 is 23.3 Å². The molecule has 1 aliphatic heterocycles. The van der Waals surface area contributed by atoms with Gasteiger partial charge in [0.25, 0.3) is 5.69 Å². The number of rotatable bonds is 4. The van der Waals surface area contributed by atoms with Crippen molar-refractivity contribution < 1.29 is 24.0 Å². The van der Waals surface area contributed by atoms with Crippen LogP contribution in [0, 0.1) is 21.8 Å². The molecule has 9 heteroatoms. The van der Waals surface area contributed by atoms with Crippen molar-refractivity contribution in [1.82, 2.24) is 0 Å². The summed E-state index contributed by atoms with van der Waals surface area (Å²) in [7, 11) is 0. The van der Waals surface area contributed by atoms with Gasteiger partial charge in [-0.2, -0.15) is 0 Å². The lowest BCUT2D eigenvalue weighted by molar-refractivity contribution is -0.384. The summed E-state index contributed by atoms with van der Waals surface area (Å²) in [6.45, 7) is 0.444. The van der Waals surface area contributed by atoms with E-state index in [0.29, 0.717) is 19.0 Å². The standard InChI is InChI=1S/C12H12FN3O5/c13-8-4-10(16(20)21)9(3-7(8)12(18)19)15-2-1-6(5-15)11(14)17/h3-4,6H,1-2,5H2,(H2,14,17)(H,18,19). The molecule has 0 radical (unpaired) electrons. The number of nitro benzene ring substituents is 1. The molecule has 1 saturated heterocycles. The van der Waals surface area contributed by atoms with Crippen molar-refractivity contribution in [2.45, 2.75) is 6.42 Å². The topological polar surface area (TPSA) is 127 Å². The molecule has 8 nitrogen and oxygen atoms in total. The van der Waals surface area contributed by atoms with Gasteiger partial charge in [-0.1, -0.05) is 0 Å². The van der Waals surface area contributed by atoms with Crippen molar-refractivity contribution in [1.29, 1.82) is 0 Å². The summed E-state index contributed by atoms with van der Waals surface area (Å²) in [4.78, 5) is 33.8. The second kappa shape index (κ2) is 5.35. The number of hydrogen-bond donors (Lipinski definition) is 2. The summed E-state index contributed by atoms with van der Waals surface area (Å²) in [6, 6.07) is 1.50. The monoisotopic (exact) mass is 297 g/mol. The molecule has 112 valence electrons. The molecule has 1 atom stereocenters. The van der Waals surface area contributed by atoms with E-state index in [-0.39, 0.29) is 12.2 Å². The Morgan fingerprint density at radius 1 is 1.48 bits per heavy atom. The van der Waals surface area contributed by atoms with Gasteiger partial charge < -0.3 is 15.7 Å². The zero-order valence-corrected chi connectivity index (χ0v) is 10.8. The van der Waals surface area contributed by atoms with Gasteiger partial charge in [0, 0.05) is 13.1 Å². The molecule has 1 aliphatic rings. The number of nitrogens with zero attached hydrogens (tertiary/aromatic N) is 2. The summed E-state index contributed by atoms with van der Waals surface area (Å²) >= 11 is 0. The highest BCUT2D eigenvalue weighted by Crippen LogP contribution is 2.34. The summed E-state index contributed by atoms with van der Waals surface area (Å²) in [5.74, 6) is -3.69. The molecule has 21 heavy (non-hydrogen) atoms. The minimum atomic E-state index is -1.52. The third-order valence-electron chi connectivity index (χ3n) is 3.42. The first-order valence-electron chi connectivity index (χ1n) is 6.06. The predicted molar refractivity (Wildman–Crippen MR) is 69.5 cm³/mol. The van der Waals surface area contributed by atoms with Crippen LogP contribution >= 0.6 is 0 Å². The van der Waals surface area contributed by atoms with Gasteiger partial charge in [0.15, 0.2) is 0 Å². The maximum absolute atomic E-state index is 13.6. The Hall–Kier alpha value is -2.71. The number of anilines is 1. The molecular formula is C12H12FN3O5. The van der Waals surface area contributed by atoms with Crippen LogP contribution in [0.3, 0.4) is 0 Å². The molecule has 1 unspecified atom stereocenters. The van der Waals surface area contributed by atoms with Crippen LogP contribution in [0.2, 0.25) is 0 Å². The van der Waals surface area contributed by atoms with Gasteiger partial charge in [0.1, 0.15) is 11.5 Å². The van der Waals surface area contributed by atoms with Gasteiger partial charge in [-0.3, -0.25) is 14.9 Å². The lowest BCUT2D eigenvalue weighted by Gasteiger charge is -2.18. The molecule has 1 amide bonds. The van der Waals surface area contributed by atoms with Crippen molar-refractivity contribution in [3.8, 4) is 0 Å². The van der Waals surface area contributed by atoms with Crippen molar-refractivity contribution in [2.24, 2.45) is 11.7 Å². The Morgan fingerprint density at radius 3 is 2.62 bits per heavy atom. The quantitative estimate of drug-likeness (QED) is 0.623. The minimum absolute atomic E-state index is 0.0254. The fourth-order valence-electron chi connectivity index (χ4n) is 2.33. The lowest BCUT2D eigenvalue weighted by atomic mass is 10.1. The number of amides is 1. The largest absolute Gasteiger partial charge is 0.478 e. The Kier molecular flexibility index (Phi) is 3.74. The lowest BCUT2D eigenvalue weighted by Crippen LogP contribution is -2.27. The molecule has 2 rings (SSSR count). The molecule has 1 aromatic rings. The summed E-state index contributed by atoms with van der Waals surface area (Å²) in [5, 5.41) is 19.9. The van der Waals surface area contributed by atoms with Crippen molar-refractivity contribution in [3.63, 3.8) is 0 Å². The average Bonchev–Trinajstić information content (AvgIpc) is 2.87. The highest BCUT2D eigenvalue weighted by molar-refractivity contribution is 5.90. The first-order chi connectivity index (χ1) is 9.81. The number of hydrogen-bond acceptors (Lipinski definition) is 5.